The Labute approximate surface area is 178 Å². The quantitative estimate of drug-likeness (QED) is 0.538. The van der Waals surface area contributed by atoms with E-state index in [2.05, 4.69) is 28.5 Å². The number of benzene rings is 2. The van der Waals surface area contributed by atoms with E-state index >= 15 is 0 Å². The summed E-state index contributed by atoms with van der Waals surface area (Å²) in [6, 6.07) is 16.4. The second-order valence-corrected chi connectivity index (χ2v) is 8.15. The molecule has 1 heterocycles. The smallest absolute Gasteiger partial charge is 0.237 e. The van der Waals surface area contributed by atoms with E-state index in [-0.39, 0.29) is 5.91 Å². The molecule has 0 aliphatic carbocycles. The molecule has 6 nitrogen and oxygen atoms in total. The molecule has 8 heteroatoms. The molecule has 0 aliphatic rings. The average Bonchev–Trinajstić information content (AvgIpc) is 3.11. The molecule has 0 radical (unpaired) electrons. The van der Waals surface area contributed by atoms with Crippen LogP contribution in [0.15, 0.2) is 53.7 Å². The number of nitrogens with zero attached hydrogens (tertiary/aromatic N) is 4. The summed E-state index contributed by atoms with van der Waals surface area (Å²) < 4.78 is 2.02. The summed E-state index contributed by atoms with van der Waals surface area (Å²) in [5.74, 6) is 0.588. The summed E-state index contributed by atoms with van der Waals surface area (Å²) >= 11 is 7.34. The predicted octanol–water partition coefficient (Wildman–Crippen LogP) is 5.00. The first kappa shape index (κ1) is 20.9. The van der Waals surface area contributed by atoms with Crippen molar-refractivity contribution in [3.8, 4) is 17.5 Å². The standard InChI is InChI=1S/C21H20ClN5OS/c1-3-11-27-19(16-7-9-17(22)10-8-16)25-26-21(27)29-14(2)20(28)24-18-6-4-5-15(12-18)13-23/h4-10,12,14H,3,11H2,1-2H3,(H,24,28)/t14-/m0/s1. The lowest BCUT2D eigenvalue weighted by atomic mass is 10.2. The molecule has 1 N–H and O–H groups in total. The molecule has 3 aromatic rings. The Hall–Kier alpha value is -2.82. The van der Waals surface area contributed by atoms with Crippen molar-refractivity contribution in [1.82, 2.24) is 14.8 Å². The van der Waals surface area contributed by atoms with Crippen molar-refractivity contribution in [2.75, 3.05) is 5.32 Å². The minimum atomic E-state index is -0.390. The first-order valence-electron chi connectivity index (χ1n) is 9.18. The minimum absolute atomic E-state index is 0.163. The average molecular weight is 426 g/mol. The molecule has 29 heavy (non-hydrogen) atoms. The van der Waals surface area contributed by atoms with E-state index in [1.165, 1.54) is 11.8 Å². The van der Waals surface area contributed by atoms with Gasteiger partial charge in [-0.15, -0.1) is 10.2 Å². The molecule has 0 unspecified atom stereocenters. The Morgan fingerprint density at radius 3 is 2.72 bits per heavy atom. The summed E-state index contributed by atoms with van der Waals surface area (Å²) in [6.45, 7) is 4.64. The van der Waals surface area contributed by atoms with Gasteiger partial charge in [-0.2, -0.15) is 5.26 Å². The molecule has 1 atom stereocenters. The Kier molecular flexibility index (Phi) is 6.91. The van der Waals surface area contributed by atoms with Crippen molar-refractivity contribution in [1.29, 1.82) is 5.26 Å². The molecule has 0 saturated heterocycles. The van der Waals surface area contributed by atoms with Crippen LogP contribution in [-0.2, 0) is 11.3 Å². The molecular formula is C21H20ClN5OS. The van der Waals surface area contributed by atoms with E-state index in [0.717, 1.165) is 24.4 Å². The number of aromatic nitrogens is 3. The zero-order valence-corrected chi connectivity index (χ0v) is 17.7. The van der Waals surface area contributed by atoms with E-state index in [0.29, 0.717) is 21.4 Å². The van der Waals surface area contributed by atoms with Crippen LogP contribution in [0.25, 0.3) is 11.4 Å². The van der Waals surface area contributed by atoms with Crippen LogP contribution < -0.4 is 5.32 Å². The highest BCUT2D eigenvalue weighted by molar-refractivity contribution is 8.00. The van der Waals surface area contributed by atoms with Crippen molar-refractivity contribution >= 4 is 35.0 Å². The second kappa shape index (κ2) is 9.59. The summed E-state index contributed by atoms with van der Waals surface area (Å²) in [5.41, 5.74) is 2.02. The number of anilines is 1. The third-order valence-electron chi connectivity index (χ3n) is 4.18. The molecule has 0 bridgehead atoms. The lowest BCUT2D eigenvalue weighted by Crippen LogP contribution is -2.23. The first-order chi connectivity index (χ1) is 14.0. The fourth-order valence-electron chi connectivity index (χ4n) is 2.74. The molecular weight excluding hydrogens is 406 g/mol. The number of carbonyl (C=O) groups is 1. The topological polar surface area (TPSA) is 83.6 Å². The number of amides is 1. The van der Waals surface area contributed by atoms with E-state index in [4.69, 9.17) is 16.9 Å². The highest BCUT2D eigenvalue weighted by atomic mass is 35.5. The van der Waals surface area contributed by atoms with E-state index < -0.39 is 5.25 Å². The molecule has 2 aromatic carbocycles. The van der Waals surface area contributed by atoms with Gasteiger partial charge in [-0.3, -0.25) is 4.79 Å². The molecule has 0 spiro atoms. The molecule has 0 fully saturated rings. The Morgan fingerprint density at radius 2 is 2.03 bits per heavy atom. The predicted molar refractivity (Wildman–Crippen MR) is 116 cm³/mol. The van der Waals surface area contributed by atoms with Gasteiger partial charge in [0.15, 0.2) is 11.0 Å². The van der Waals surface area contributed by atoms with Crippen LogP contribution in [0.1, 0.15) is 25.8 Å². The molecule has 0 saturated carbocycles. The van der Waals surface area contributed by atoms with Crippen LogP contribution in [0.5, 0.6) is 0 Å². The highest BCUT2D eigenvalue weighted by Gasteiger charge is 2.21. The third kappa shape index (κ3) is 5.17. The second-order valence-electron chi connectivity index (χ2n) is 6.41. The molecule has 3 rings (SSSR count). The van der Waals surface area contributed by atoms with Crippen LogP contribution >= 0.6 is 23.4 Å². The number of rotatable bonds is 7. The third-order valence-corrected chi connectivity index (χ3v) is 5.51. The minimum Gasteiger partial charge on any atom is -0.325 e. The normalized spacial score (nSPS) is 11.7. The van der Waals surface area contributed by atoms with Crippen molar-refractivity contribution in [2.24, 2.45) is 0 Å². The highest BCUT2D eigenvalue weighted by Crippen LogP contribution is 2.28. The van der Waals surface area contributed by atoms with Crippen LogP contribution in [0.3, 0.4) is 0 Å². The van der Waals surface area contributed by atoms with Gasteiger partial charge >= 0.3 is 0 Å². The summed E-state index contributed by atoms with van der Waals surface area (Å²) in [4.78, 5) is 12.6. The van der Waals surface area contributed by atoms with Gasteiger partial charge in [-0.05, 0) is 55.8 Å². The van der Waals surface area contributed by atoms with Gasteiger partial charge in [0, 0.05) is 22.8 Å². The van der Waals surface area contributed by atoms with Crippen LogP contribution in [0, 0.1) is 11.3 Å². The number of hydrogen-bond acceptors (Lipinski definition) is 5. The van der Waals surface area contributed by atoms with Gasteiger partial charge in [0.05, 0.1) is 16.9 Å². The summed E-state index contributed by atoms with van der Waals surface area (Å²) in [5, 5.41) is 21.5. The van der Waals surface area contributed by atoms with Crippen LogP contribution in [-0.4, -0.2) is 25.9 Å². The monoisotopic (exact) mass is 425 g/mol. The van der Waals surface area contributed by atoms with Gasteiger partial charge in [0.2, 0.25) is 5.91 Å². The van der Waals surface area contributed by atoms with Gasteiger partial charge in [0.1, 0.15) is 0 Å². The van der Waals surface area contributed by atoms with E-state index in [9.17, 15) is 4.79 Å². The maximum absolute atomic E-state index is 12.6. The van der Waals surface area contributed by atoms with Gasteiger partial charge < -0.3 is 9.88 Å². The van der Waals surface area contributed by atoms with Crippen molar-refractivity contribution in [2.45, 2.75) is 37.2 Å². The molecule has 1 aromatic heterocycles. The Balaban J connectivity index is 1.77. The number of halogens is 1. The number of nitriles is 1. The summed E-state index contributed by atoms with van der Waals surface area (Å²) in [7, 11) is 0. The number of thioether (sulfide) groups is 1. The number of nitrogens with one attached hydrogen (secondary N) is 1. The molecule has 0 aliphatic heterocycles. The maximum atomic E-state index is 12.6. The number of carbonyl (C=O) groups excluding carboxylic acids is 1. The van der Waals surface area contributed by atoms with E-state index in [1.807, 2.05) is 35.8 Å². The van der Waals surface area contributed by atoms with Crippen molar-refractivity contribution < 1.29 is 4.79 Å². The number of hydrogen-bond donors (Lipinski definition) is 1. The summed E-state index contributed by atoms with van der Waals surface area (Å²) in [6.07, 6.45) is 0.910. The molecule has 1 amide bonds. The van der Waals surface area contributed by atoms with Gasteiger partial charge in [0.25, 0.3) is 0 Å². The fourth-order valence-corrected chi connectivity index (χ4v) is 3.74. The van der Waals surface area contributed by atoms with E-state index in [1.54, 1.807) is 24.3 Å². The van der Waals surface area contributed by atoms with Crippen LogP contribution in [0.4, 0.5) is 5.69 Å². The first-order valence-corrected chi connectivity index (χ1v) is 10.4. The van der Waals surface area contributed by atoms with Gasteiger partial charge in [-0.25, -0.2) is 0 Å². The van der Waals surface area contributed by atoms with Crippen molar-refractivity contribution in [3.05, 3.63) is 59.1 Å². The maximum Gasteiger partial charge on any atom is 0.237 e. The largest absolute Gasteiger partial charge is 0.325 e. The fraction of sp³-hybridized carbons (Fsp3) is 0.238. The SMILES string of the molecule is CCCn1c(S[C@@H](C)C(=O)Nc2cccc(C#N)c2)nnc1-c1ccc(Cl)cc1. The Bertz CT molecular complexity index is 1040. The zero-order valence-electron chi connectivity index (χ0n) is 16.1. The lowest BCUT2D eigenvalue weighted by molar-refractivity contribution is -0.115. The van der Waals surface area contributed by atoms with Gasteiger partial charge in [-0.1, -0.05) is 36.4 Å². The van der Waals surface area contributed by atoms with Crippen molar-refractivity contribution in [3.63, 3.8) is 0 Å². The zero-order chi connectivity index (χ0) is 20.8. The molecule has 148 valence electrons. The van der Waals surface area contributed by atoms with Crippen LogP contribution in [0.2, 0.25) is 5.02 Å². The Morgan fingerprint density at radius 1 is 1.28 bits per heavy atom. The lowest BCUT2D eigenvalue weighted by Gasteiger charge is -2.13.